The van der Waals surface area contributed by atoms with E-state index >= 15 is 0 Å². The lowest BCUT2D eigenvalue weighted by Gasteiger charge is -2.32. The van der Waals surface area contributed by atoms with Crippen molar-refractivity contribution < 1.29 is 9.59 Å². The Bertz CT molecular complexity index is 963. The first-order valence-corrected chi connectivity index (χ1v) is 10.3. The van der Waals surface area contributed by atoms with Gasteiger partial charge in [-0.05, 0) is 36.9 Å². The Balaban J connectivity index is 0.00000240. The quantitative estimate of drug-likeness (QED) is 0.360. The van der Waals surface area contributed by atoms with Crippen LogP contribution in [0.25, 0.3) is 11.1 Å². The summed E-state index contributed by atoms with van der Waals surface area (Å²) in [6, 6.07) is 6.36. The molecule has 1 aliphatic rings. The molecule has 0 aliphatic carbocycles. The van der Waals surface area contributed by atoms with Crippen LogP contribution >= 0.6 is 59.4 Å². The molecule has 1 aromatic carbocycles. The zero-order valence-electron chi connectivity index (χ0n) is 16.4. The van der Waals surface area contributed by atoms with Gasteiger partial charge >= 0.3 is 0 Å². The van der Waals surface area contributed by atoms with Crippen LogP contribution in [0.3, 0.4) is 0 Å². The third-order valence-electron chi connectivity index (χ3n) is 4.44. The highest BCUT2D eigenvalue weighted by molar-refractivity contribution is 7.20. The molecule has 5 N–H and O–H groups in total. The summed E-state index contributed by atoms with van der Waals surface area (Å²) in [5.74, 6) is -1.42. The van der Waals surface area contributed by atoms with Crippen molar-refractivity contribution in [2.75, 3.05) is 33.2 Å². The summed E-state index contributed by atoms with van der Waals surface area (Å²) >= 11 is 13.5. The maximum Gasteiger partial charge on any atom is 0.265 e. The first-order chi connectivity index (χ1) is 13.7. The molecule has 0 atom stereocenters. The monoisotopic (exact) mass is 526 g/mol. The van der Waals surface area contributed by atoms with Gasteiger partial charge in [-0.25, -0.2) is 5.01 Å². The summed E-state index contributed by atoms with van der Waals surface area (Å²) in [6.45, 7) is 3.09. The van der Waals surface area contributed by atoms with Crippen molar-refractivity contribution in [3.8, 4) is 11.1 Å². The minimum Gasteiger partial charge on any atom is -0.370 e. The average molecular weight is 528 g/mol. The second kappa shape index (κ2) is 11.9. The topological polar surface area (TPSA) is 115 Å². The number of thiophene rings is 1. The van der Waals surface area contributed by atoms with Crippen LogP contribution in [0.4, 0.5) is 0 Å². The molecule has 0 spiro atoms. The SMILES string of the molecule is CN1CCN(NC(=O)c2cc(C(=O)NC(=N)N)cc(-c3cc(Cl)sc3Cl)c2)CC1.Cl.Cl. The van der Waals surface area contributed by atoms with Crippen molar-refractivity contribution in [1.29, 1.82) is 5.41 Å². The van der Waals surface area contributed by atoms with Crippen molar-refractivity contribution in [3.63, 3.8) is 0 Å². The number of piperazine rings is 1. The van der Waals surface area contributed by atoms with Crippen LogP contribution in [0.15, 0.2) is 24.3 Å². The van der Waals surface area contributed by atoms with Gasteiger partial charge in [0, 0.05) is 42.9 Å². The van der Waals surface area contributed by atoms with Crippen LogP contribution in [-0.4, -0.2) is 60.9 Å². The van der Waals surface area contributed by atoms with Crippen LogP contribution < -0.4 is 16.5 Å². The molecule has 31 heavy (non-hydrogen) atoms. The van der Waals surface area contributed by atoms with E-state index in [-0.39, 0.29) is 41.8 Å². The molecule has 1 aromatic heterocycles. The van der Waals surface area contributed by atoms with Gasteiger partial charge < -0.3 is 10.6 Å². The van der Waals surface area contributed by atoms with Gasteiger partial charge in [0.1, 0.15) is 4.34 Å². The molecule has 170 valence electrons. The van der Waals surface area contributed by atoms with E-state index in [1.807, 2.05) is 12.1 Å². The van der Waals surface area contributed by atoms with Crippen LogP contribution in [0.2, 0.25) is 8.67 Å². The van der Waals surface area contributed by atoms with E-state index in [9.17, 15) is 9.59 Å². The third kappa shape index (κ3) is 7.21. The molecular weight excluding hydrogens is 506 g/mol. The molecule has 0 unspecified atom stereocenters. The second-order valence-corrected chi connectivity index (χ2v) is 8.92. The predicted molar refractivity (Wildman–Crippen MR) is 130 cm³/mol. The maximum absolute atomic E-state index is 12.8. The molecule has 2 heterocycles. The molecule has 1 aliphatic heterocycles. The zero-order chi connectivity index (χ0) is 21.1. The van der Waals surface area contributed by atoms with E-state index in [1.54, 1.807) is 18.2 Å². The Kier molecular flexibility index (Phi) is 10.5. The Morgan fingerprint density at radius 2 is 1.61 bits per heavy atom. The van der Waals surface area contributed by atoms with Gasteiger partial charge in [0.15, 0.2) is 5.96 Å². The minimum atomic E-state index is -0.592. The summed E-state index contributed by atoms with van der Waals surface area (Å²) in [7, 11) is 2.03. The summed E-state index contributed by atoms with van der Waals surface area (Å²) < 4.78 is 0.941. The molecule has 0 radical (unpaired) electrons. The van der Waals surface area contributed by atoms with E-state index in [0.29, 0.717) is 32.9 Å². The molecule has 13 heteroatoms. The number of nitrogens with two attached hydrogens (primary N) is 1. The van der Waals surface area contributed by atoms with E-state index in [4.69, 9.17) is 34.3 Å². The van der Waals surface area contributed by atoms with Crippen molar-refractivity contribution in [1.82, 2.24) is 20.7 Å². The lowest BCUT2D eigenvalue weighted by Crippen LogP contribution is -2.52. The molecule has 0 saturated carbocycles. The van der Waals surface area contributed by atoms with Gasteiger partial charge in [-0.3, -0.25) is 25.7 Å². The van der Waals surface area contributed by atoms with E-state index < -0.39 is 11.9 Å². The predicted octanol–water partition coefficient (Wildman–Crippen LogP) is 3.08. The van der Waals surface area contributed by atoms with Crippen molar-refractivity contribution in [2.24, 2.45) is 5.73 Å². The number of nitrogens with zero attached hydrogens (tertiary/aromatic N) is 2. The van der Waals surface area contributed by atoms with Gasteiger partial charge in [-0.15, -0.1) is 36.2 Å². The molecule has 3 rings (SSSR count). The summed E-state index contributed by atoms with van der Waals surface area (Å²) in [5.41, 5.74) is 9.79. The van der Waals surface area contributed by atoms with Gasteiger partial charge in [-0.1, -0.05) is 23.2 Å². The van der Waals surface area contributed by atoms with Gasteiger partial charge in [-0.2, -0.15) is 0 Å². The number of carbonyl (C=O) groups excluding carboxylic acids is 2. The molecular formula is C18H22Cl4N6O2S. The summed E-state index contributed by atoms with van der Waals surface area (Å²) in [5, 5.41) is 11.3. The van der Waals surface area contributed by atoms with Crippen LogP contribution in [-0.2, 0) is 0 Å². The third-order valence-corrected chi connectivity index (χ3v) is 5.92. The number of hydrogen-bond donors (Lipinski definition) is 4. The second-order valence-electron chi connectivity index (χ2n) is 6.64. The van der Waals surface area contributed by atoms with Crippen LogP contribution in [0.5, 0.6) is 0 Å². The van der Waals surface area contributed by atoms with E-state index in [0.717, 1.165) is 13.1 Å². The van der Waals surface area contributed by atoms with E-state index in [1.165, 1.54) is 17.4 Å². The van der Waals surface area contributed by atoms with Gasteiger partial charge in [0.2, 0.25) is 0 Å². The zero-order valence-corrected chi connectivity index (χ0v) is 20.4. The largest absolute Gasteiger partial charge is 0.370 e. The number of halogens is 4. The van der Waals surface area contributed by atoms with Crippen LogP contribution in [0, 0.1) is 5.41 Å². The fourth-order valence-electron chi connectivity index (χ4n) is 2.90. The molecule has 2 amide bonds. The number of amides is 2. The minimum absolute atomic E-state index is 0. The Morgan fingerprint density at radius 1 is 1.03 bits per heavy atom. The highest BCUT2D eigenvalue weighted by Crippen LogP contribution is 2.38. The highest BCUT2D eigenvalue weighted by atomic mass is 35.5. The summed E-state index contributed by atoms with van der Waals surface area (Å²) in [4.78, 5) is 27.4. The lowest BCUT2D eigenvalue weighted by atomic mass is 10.0. The smallest absolute Gasteiger partial charge is 0.265 e. The molecule has 1 saturated heterocycles. The fourth-order valence-corrected chi connectivity index (χ4v) is 4.41. The number of benzene rings is 1. The number of guanidine groups is 1. The number of likely N-dealkylation sites (N-methyl/N-ethyl adjacent to an activating group) is 1. The first kappa shape index (κ1) is 27.4. The molecule has 0 bridgehead atoms. The average Bonchev–Trinajstić information content (AvgIpc) is 3.01. The van der Waals surface area contributed by atoms with Gasteiger partial charge in [0.25, 0.3) is 11.8 Å². The summed E-state index contributed by atoms with van der Waals surface area (Å²) in [6.07, 6.45) is 0. The molecule has 8 nitrogen and oxygen atoms in total. The van der Waals surface area contributed by atoms with E-state index in [2.05, 4.69) is 15.6 Å². The Labute approximate surface area is 206 Å². The van der Waals surface area contributed by atoms with Crippen molar-refractivity contribution in [2.45, 2.75) is 0 Å². The standard InChI is InChI=1S/C18H20Cl2N6O2S.2ClH/c1-25-2-4-26(5-3-25)24-17(28)12-7-10(13-9-14(19)29-15(13)20)6-11(8-12)16(27)23-18(21)22;;/h6-9H,2-5H2,1H3,(H,24,28)(H4,21,22,23,27);2*1H. The highest BCUT2D eigenvalue weighted by Gasteiger charge is 2.20. The molecule has 1 fully saturated rings. The van der Waals surface area contributed by atoms with Crippen molar-refractivity contribution >= 4 is 77.1 Å². The maximum atomic E-state index is 12.8. The van der Waals surface area contributed by atoms with Gasteiger partial charge in [0.05, 0.1) is 4.34 Å². The lowest BCUT2D eigenvalue weighted by molar-refractivity contribution is 0.0662. The van der Waals surface area contributed by atoms with Crippen molar-refractivity contribution in [3.05, 3.63) is 44.1 Å². The fraction of sp³-hybridized carbons (Fsp3) is 0.278. The van der Waals surface area contributed by atoms with Crippen LogP contribution in [0.1, 0.15) is 20.7 Å². The number of rotatable bonds is 4. The Hall–Kier alpha value is -1.59. The number of hydrogen-bond acceptors (Lipinski definition) is 6. The normalized spacial score (nSPS) is 14.2. The number of carbonyl (C=O) groups is 2. The number of hydrazine groups is 1. The Morgan fingerprint density at radius 3 is 2.13 bits per heavy atom. The first-order valence-electron chi connectivity index (χ1n) is 8.73. The molecule has 2 aromatic rings. The number of nitrogens with one attached hydrogen (secondary N) is 3.